The van der Waals surface area contributed by atoms with E-state index in [1.54, 1.807) is 18.2 Å². The summed E-state index contributed by atoms with van der Waals surface area (Å²) in [6.45, 7) is 0.269. The van der Waals surface area contributed by atoms with Crippen LogP contribution in [0.25, 0.3) is 0 Å². The standard InChI is InChI=1S/C12H15BrN2O4/c1-19-8(5-11(16)17)6-15-10-3-2-7(13)4-9(10)12(14)18/h2-4,8,15H,5-6H2,1H3,(H2,14,18)(H,16,17). The summed E-state index contributed by atoms with van der Waals surface area (Å²) in [5.41, 5.74) is 6.16. The number of nitrogens with one attached hydrogen (secondary N) is 1. The van der Waals surface area contributed by atoms with Crippen LogP contribution in [0.1, 0.15) is 16.8 Å². The van der Waals surface area contributed by atoms with E-state index in [-0.39, 0.29) is 13.0 Å². The maximum Gasteiger partial charge on any atom is 0.306 e. The van der Waals surface area contributed by atoms with Crippen molar-refractivity contribution in [3.05, 3.63) is 28.2 Å². The first-order valence-electron chi connectivity index (χ1n) is 5.52. The van der Waals surface area contributed by atoms with E-state index in [1.165, 1.54) is 7.11 Å². The normalized spacial score (nSPS) is 11.9. The van der Waals surface area contributed by atoms with Gasteiger partial charge in [-0.3, -0.25) is 9.59 Å². The van der Waals surface area contributed by atoms with Crippen molar-refractivity contribution in [3.8, 4) is 0 Å². The zero-order valence-electron chi connectivity index (χ0n) is 10.4. The maximum absolute atomic E-state index is 11.3. The predicted octanol–water partition coefficient (Wildman–Crippen LogP) is 1.45. The number of halogens is 1. The number of aliphatic carboxylic acids is 1. The second-order valence-electron chi connectivity index (χ2n) is 3.89. The van der Waals surface area contributed by atoms with Crippen LogP contribution in [0.2, 0.25) is 0 Å². The van der Waals surface area contributed by atoms with Crippen molar-refractivity contribution in [3.63, 3.8) is 0 Å². The lowest BCUT2D eigenvalue weighted by Gasteiger charge is -2.16. The third-order valence-corrected chi connectivity index (χ3v) is 3.00. The Labute approximate surface area is 119 Å². The number of carboxylic acids is 1. The lowest BCUT2D eigenvalue weighted by molar-refractivity contribution is -0.139. The number of hydrogen-bond acceptors (Lipinski definition) is 4. The van der Waals surface area contributed by atoms with Crippen molar-refractivity contribution in [2.45, 2.75) is 12.5 Å². The molecule has 1 atom stereocenters. The molecule has 4 N–H and O–H groups in total. The fourth-order valence-corrected chi connectivity index (χ4v) is 1.89. The summed E-state index contributed by atoms with van der Waals surface area (Å²) in [6, 6.07) is 5.05. The first-order chi connectivity index (χ1) is 8.93. The van der Waals surface area contributed by atoms with Crippen molar-refractivity contribution in [2.24, 2.45) is 5.73 Å². The molecule has 104 valence electrons. The number of anilines is 1. The summed E-state index contributed by atoms with van der Waals surface area (Å²) in [6.07, 6.45) is -0.603. The summed E-state index contributed by atoms with van der Waals surface area (Å²) >= 11 is 3.25. The Kier molecular flexibility index (Phi) is 5.78. The molecule has 6 nitrogen and oxygen atoms in total. The highest BCUT2D eigenvalue weighted by Crippen LogP contribution is 2.20. The molecule has 0 aliphatic heterocycles. The van der Waals surface area contributed by atoms with Crippen LogP contribution in [0.3, 0.4) is 0 Å². The lowest BCUT2D eigenvalue weighted by atomic mass is 10.1. The zero-order valence-corrected chi connectivity index (χ0v) is 11.9. The van der Waals surface area contributed by atoms with Crippen molar-refractivity contribution in [1.82, 2.24) is 0 Å². The number of benzene rings is 1. The van der Waals surface area contributed by atoms with Gasteiger partial charge in [0.05, 0.1) is 18.1 Å². The molecular formula is C12H15BrN2O4. The van der Waals surface area contributed by atoms with Gasteiger partial charge >= 0.3 is 5.97 Å². The Hall–Kier alpha value is -1.60. The minimum Gasteiger partial charge on any atom is -0.481 e. The van der Waals surface area contributed by atoms with Gasteiger partial charge < -0.3 is 20.9 Å². The molecule has 0 aromatic heterocycles. The van der Waals surface area contributed by atoms with Gasteiger partial charge in [-0.1, -0.05) is 15.9 Å². The molecule has 0 fully saturated rings. The largest absolute Gasteiger partial charge is 0.481 e. The van der Waals surface area contributed by atoms with Gasteiger partial charge in [0.25, 0.3) is 5.91 Å². The molecule has 0 aliphatic carbocycles. The first-order valence-corrected chi connectivity index (χ1v) is 6.31. The minimum absolute atomic E-state index is 0.119. The number of nitrogens with two attached hydrogens (primary N) is 1. The van der Waals surface area contributed by atoms with Crippen LogP contribution in [0.15, 0.2) is 22.7 Å². The Balaban J connectivity index is 2.76. The summed E-state index contributed by atoms with van der Waals surface area (Å²) < 4.78 is 5.77. The lowest BCUT2D eigenvalue weighted by Crippen LogP contribution is -2.26. The van der Waals surface area contributed by atoms with Crippen LogP contribution < -0.4 is 11.1 Å². The molecule has 0 saturated carbocycles. The van der Waals surface area contributed by atoms with E-state index >= 15 is 0 Å². The molecular weight excluding hydrogens is 316 g/mol. The Morgan fingerprint density at radius 3 is 2.74 bits per heavy atom. The number of ether oxygens (including phenoxy) is 1. The second-order valence-corrected chi connectivity index (χ2v) is 4.81. The smallest absolute Gasteiger partial charge is 0.306 e. The molecule has 1 amide bonds. The van der Waals surface area contributed by atoms with Crippen molar-refractivity contribution in [1.29, 1.82) is 0 Å². The van der Waals surface area contributed by atoms with Crippen LogP contribution in [0, 0.1) is 0 Å². The highest BCUT2D eigenvalue weighted by Gasteiger charge is 2.14. The maximum atomic E-state index is 11.3. The molecule has 1 unspecified atom stereocenters. The minimum atomic E-state index is -0.945. The number of amides is 1. The number of rotatable bonds is 7. The monoisotopic (exact) mass is 330 g/mol. The number of primary amides is 1. The van der Waals surface area contributed by atoms with Gasteiger partial charge in [-0.25, -0.2) is 0 Å². The number of methoxy groups -OCH3 is 1. The molecule has 1 rings (SSSR count). The molecule has 1 aromatic carbocycles. The second kappa shape index (κ2) is 7.10. The van der Waals surface area contributed by atoms with Crippen molar-refractivity contribution in [2.75, 3.05) is 19.0 Å². The molecule has 0 spiro atoms. The fourth-order valence-electron chi connectivity index (χ4n) is 1.53. The van der Waals surface area contributed by atoms with Crippen LogP contribution in [0.5, 0.6) is 0 Å². The first kappa shape index (κ1) is 15.5. The van der Waals surface area contributed by atoms with E-state index in [4.69, 9.17) is 15.6 Å². The third kappa shape index (κ3) is 4.88. The van der Waals surface area contributed by atoms with Gasteiger partial charge in [-0.05, 0) is 18.2 Å². The Morgan fingerprint density at radius 1 is 1.53 bits per heavy atom. The summed E-state index contributed by atoms with van der Waals surface area (Å²) in [5.74, 6) is -1.50. The molecule has 0 bridgehead atoms. The summed E-state index contributed by atoms with van der Waals surface area (Å²) in [7, 11) is 1.44. The Bertz CT molecular complexity index is 479. The average molecular weight is 331 g/mol. The van der Waals surface area contributed by atoms with Crippen LogP contribution in [0.4, 0.5) is 5.69 Å². The van der Waals surface area contributed by atoms with E-state index in [0.29, 0.717) is 11.3 Å². The van der Waals surface area contributed by atoms with E-state index in [1.807, 2.05) is 0 Å². The number of hydrogen-bond donors (Lipinski definition) is 3. The highest BCUT2D eigenvalue weighted by atomic mass is 79.9. The fraction of sp³-hybridized carbons (Fsp3) is 0.333. The molecule has 7 heteroatoms. The average Bonchev–Trinajstić information content (AvgIpc) is 2.34. The topological polar surface area (TPSA) is 102 Å². The van der Waals surface area contributed by atoms with Crippen LogP contribution in [-0.4, -0.2) is 36.7 Å². The molecule has 0 radical (unpaired) electrons. The molecule has 19 heavy (non-hydrogen) atoms. The van der Waals surface area contributed by atoms with Gasteiger partial charge in [0, 0.05) is 23.8 Å². The number of carbonyl (C=O) groups is 2. The SMILES string of the molecule is COC(CNc1ccc(Br)cc1C(N)=O)CC(=O)O. The van der Waals surface area contributed by atoms with Crippen LogP contribution in [-0.2, 0) is 9.53 Å². The molecule has 1 aromatic rings. The summed E-state index contributed by atoms with van der Waals surface area (Å²) in [5, 5.41) is 11.7. The van der Waals surface area contributed by atoms with Crippen LogP contribution >= 0.6 is 15.9 Å². The van der Waals surface area contributed by atoms with E-state index in [9.17, 15) is 9.59 Å². The molecule has 0 heterocycles. The Morgan fingerprint density at radius 2 is 2.21 bits per heavy atom. The zero-order chi connectivity index (χ0) is 14.4. The quantitative estimate of drug-likeness (QED) is 0.702. The van der Waals surface area contributed by atoms with Gasteiger partial charge in [0.1, 0.15) is 0 Å². The van der Waals surface area contributed by atoms with Crippen molar-refractivity contribution >= 4 is 33.5 Å². The van der Waals surface area contributed by atoms with Gasteiger partial charge in [-0.15, -0.1) is 0 Å². The molecule has 0 aliphatic rings. The van der Waals surface area contributed by atoms with Gasteiger partial charge in [0.15, 0.2) is 0 Å². The highest BCUT2D eigenvalue weighted by molar-refractivity contribution is 9.10. The van der Waals surface area contributed by atoms with E-state index < -0.39 is 18.0 Å². The molecule has 0 saturated heterocycles. The number of carboxylic acid groups (broad SMARTS) is 1. The van der Waals surface area contributed by atoms with E-state index in [0.717, 1.165) is 4.47 Å². The summed E-state index contributed by atoms with van der Waals surface area (Å²) in [4.78, 5) is 21.9. The van der Waals surface area contributed by atoms with Gasteiger partial charge in [-0.2, -0.15) is 0 Å². The van der Waals surface area contributed by atoms with Gasteiger partial charge in [0.2, 0.25) is 0 Å². The predicted molar refractivity (Wildman–Crippen MR) is 74.2 cm³/mol. The van der Waals surface area contributed by atoms with Crippen molar-refractivity contribution < 1.29 is 19.4 Å². The third-order valence-electron chi connectivity index (χ3n) is 2.50. The number of carbonyl (C=O) groups excluding carboxylic acids is 1. The van der Waals surface area contributed by atoms with E-state index in [2.05, 4.69) is 21.2 Å².